The van der Waals surface area contributed by atoms with Crippen molar-refractivity contribution in [2.45, 2.75) is 19.4 Å². The number of aromatic nitrogens is 2. The first-order valence-electron chi connectivity index (χ1n) is 8.67. The zero-order valence-electron chi connectivity index (χ0n) is 15.1. The molecule has 1 atom stereocenters. The molecule has 0 amide bonds. The molecule has 0 radical (unpaired) electrons. The van der Waals surface area contributed by atoms with E-state index in [1.165, 1.54) is 6.07 Å². The van der Waals surface area contributed by atoms with Crippen LogP contribution in [0.4, 0.5) is 4.39 Å². The Kier molecular flexibility index (Phi) is 4.45. The first kappa shape index (κ1) is 17.6. The number of allylic oxidation sites excluding steroid dienone is 1. The molecule has 3 aromatic rings. The molecular weight excluding hydrogens is 359 g/mol. The van der Waals surface area contributed by atoms with Crippen molar-refractivity contribution in [3.05, 3.63) is 88.2 Å². The zero-order valence-corrected chi connectivity index (χ0v) is 15.1. The van der Waals surface area contributed by atoms with Gasteiger partial charge in [-0.25, -0.2) is 4.39 Å². The summed E-state index contributed by atoms with van der Waals surface area (Å²) in [6, 6.07) is 15.9. The predicted molar refractivity (Wildman–Crippen MR) is 99.8 cm³/mol. The van der Waals surface area contributed by atoms with E-state index in [0.29, 0.717) is 22.8 Å². The molecule has 0 unspecified atom stereocenters. The summed E-state index contributed by atoms with van der Waals surface area (Å²) in [6.45, 7) is 2.00. The Labute approximate surface area is 161 Å². The lowest BCUT2D eigenvalue weighted by molar-refractivity contribution is 0.299. The minimum absolute atomic E-state index is 0.0476. The second-order valence-corrected chi connectivity index (χ2v) is 6.44. The van der Waals surface area contributed by atoms with E-state index in [9.17, 15) is 9.65 Å². The van der Waals surface area contributed by atoms with Crippen LogP contribution in [-0.4, -0.2) is 10.2 Å². The first-order chi connectivity index (χ1) is 13.6. The third kappa shape index (κ3) is 3.05. The van der Waals surface area contributed by atoms with Crippen LogP contribution in [0.3, 0.4) is 0 Å². The molecule has 1 aliphatic rings. The third-order valence-electron chi connectivity index (χ3n) is 4.70. The Morgan fingerprint density at radius 3 is 2.71 bits per heavy atom. The van der Waals surface area contributed by atoms with E-state index in [-0.39, 0.29) is 24.2 Å². The number of aryl methyl sites for hydroxylation is 1. The van der Waals surface area contributed by atoms with E-state index in [4.69, 9.17) is 15.2 Å². The van der Waals surface area contributed by atoms with Crippen molar-refractivity contribution in [1.29, 1.82) is 5.26 Å². The fourth-order valence-electron chi connectivity index (χ4n) is 3.27. The van der Waals surface area contributed by atoms with E-state index in [1.807, 2.05) is 19.1 Å². The fraction of sp³-hybridized carbons (Fsp3) is 0.143. The summed E-state index contributed by atoms with van der Waals surface area (Å²) in [6.07, 6.45) is 0. The summed E-state index contributed by atoms with van der Waals surface area (Å²) in [7, 11) is 0. The van der Waals surface area contributed by atoms with E-state index in [2.05, 4.69) is 16.3 Å². The maximum Gasteiger partial charge on any atom is 0.244 e. The summed E-state index contributed by atoms with van der Waals surface area (Å²) >= 11 is 0. The Bertz CT molecular complexity index is 1100. The van der Waals surface area contributed by atoms with Crippen molar-refractivity contribution in [3.63, 3.8) is 0 Å². The number of nitriles is 1. The van der Waals surface area contributed by atoms with Gasteiger partial charge in [-0.2, -0.15) is 5.26 Å². The van der Waals surface area contributed by atoms with Crippen LogP contribution < -0.4 is 15.2 Å². The van der Waals surface area contributed by atoms with Gasteiger partial charge in [-0.05, 0) is 30.7 Å². The normalized spacial score (nSPS) is 15.5. The number of hydrogen-bond donors (Lipinski definition) is 2. The van der Waals surface area contributed by atoms with Gasteiger partial charge >= 0.3 is 0 Å². The number of nitrogens with zero attached hydrogens (tertiary/aromatic N) is 2. The highest BCUT2D eigenvalue weighted by atomic mass is 19.1. The predicted octanol–water partition coefficient (Wildman–Crippen LogP) is 3.65. The quantitative estimate of drug-likeness (QED) is 0.724. The number of halogens is 1. The number of nitrogens with two attached hydrogens (primary N) is 1. The topological polar surface area (TPSA) is 97.0 Å². The Morgan fingerprint density at radius 1 is 1.25 bits per heavy atom. The van der Waals surface area contributed by atoms with Gasteiger partial charge in [-0.15, -0.1) is 5.10 Å². The molecule has 1 aliphatic heterocycles. The molecule has 1 aromatic heterocycles. The number of benzene rings is 2. The van der Waals surface area contributed by atoms with Gasteiger partial charge in [0.2, 0.25) is 11.8 Å². The number of fused-ring (bicyclic) bond motifs is 1. The summed E-state index contributed by atoms with van der Waals surface area (Å²) < 4.78 is 24.9. The monoisotopic (exact) mass is 376 g/mol. The molecule has 2 aromatic carbocycles. The van der Waals surface area contributed by atoms with Gasteiger partial charge in [0.05, 0.1) is 5.92 Å². The third-order valence-corrected chi connectivity index (χ3v) is 4.70. The number of rotatable bonds is 4. The highest BCUT2D eigenvalue weighted by Crippen LogP contribution is 2.42. The Hall–Kier alpha value is -3.79. The van der Waals surface area contributed by atoms with Gasteiger partial charge in [-0.3, -0.25) is 5.10 Å². The summed E-state index contributed by atoms with van der Waals surface area (Å²) in [5.41, 5.74) is 9.17. The van der Waals surface area contributed by atoms with Crippen molar-refractivity contribution >= 4 is 0 Å². The Morgan fingerprint density at radius 2 is 2.00 bits per heavy atom. The smallest absolute Gasteiger partial charge is 0.244 e. The molecule has 28 heavy (non-hydrogen) atoms. The lowest BCUT2D eigenvalue weighted by atomic mass is 9.84. The van der Waals surface area contributed by atoms with Gasteiger partial charge < -0.3 is 15.2 Å². The van der Waals surface area contributed by atoms with E-state index >= 15 is 0 Å². The van der Waals surface area contributed by atoms with Crippen molar-refractivity contribution in [2.75, 3.05) is 0 Å². The number of aromatic amines is 1. The first-order valence-corrected chi connectivity index (χ1v) is 8.67. The van der Waals surface area contributed by atoms with Crippen molar-refractivity contribution in [1.82, 2.24) is 10.2 Å². The molecule has 0 bridgehead atoms. The number of hydrogen-bond acceptors (Lipinski definition) is 5. The minimum atomic E-state index is -0.381. The van der Waals surface area contributed by atoms with Crippen LogP contribution in [0.15, 0.2) is 60.0 Å². The van der Waals surface area contributed by atoms with Gasteiger partial charge in [0.15, 0.2) is 0 Å². The molecule has 0 aliphatic carbocycles. The van der Waals surface area contributed by atoms with E-state index < -0.39 is 0 Å². The highest BCUT2D eigenvalue weighted by Gasteiger charge is 2.34. The van der Waals surface area contributed by atoms with Crippen LogP contribution in [0.25, 0.3) is 0 Å². The van der Waals surface area contributed by atoms with Crippen LogP contribution in [-0.2, 0) is 6.61 Å². The highest BCUT2D eigenvalue weighted by molar-refractivity contribution is 5.55. The van der Waals surface area contributed by atoms with Crippen LogP contribution in [0.2, 0.25) is 0 Å². The van der Waals surface area contributed by atoms with E-state index in [1.54, 1.807) is 30.3 Å². The summed E-state index contributed by atoms with van der Waals surface area (Å²) in [4.78, 5) is 0. The number of ether oxygens (including phenoxy) is 2. The lowest BCUT2D eigenvalue weighted by Crippen LogP contribution is -2.21. The molecule has 3 N–H and O–H groups in total. The second-order valence-electron chi connectivity index (χ2n) is 6.44. The van der Waals surface area contributed by atoms with Crippen LogP contribution >= 0.6 is 0 Å². The largest absolute Gasteiger partial charge is 0.489 e. The molecule has 0 saturated carbocycles. The molecule has 4 rings (SSSR count). The molecule has 2 heterocycles. The number of H-pyrrole nitrogens is 1. The van der Waals surface area contributed by atoms with Gasteiger partial charge in [0, 0.05) is 16.8 Å². The van der Waals surface area contributed by atoms with Gasteiger partial charge in [0.25, 0.3) is 0 Å². The van der Waals surface area contributed by atoms with Crippen LogP contribution in [0.5, 0.6) is 11.6 Å². The maximum atomic E-state index is 13.7. The number of nitrogens with one attached hydrogen (secondary N) is 1. The Balaban J connectivity index is 1.61. The summed E-state index contributed by atoms with van der Waals surface area (Å²) in [5.74, 6) is 0.334. The van der Waals surface area contributed by atoms with E-state index in [0.717, 1.165) is 16.8 Å². The second kappa shape index (κ2) is 7.08. The fourth-order valence-corrected chi connectivity index (χ4v) is 3.27. The molecule has 7 heteroatoms. The lowest BCUT2D eigenvalue weighted by Gasteiger charge is -2.23. The molecule has 0 saturated heterocycles. The molecule has 0 fully saturated rings. The molecule has 6 nitrogen and oxygen atoms in total. The van der Waals surface area contributed by atoms with Crippen LogP contribution in [0, 0.1) is 24.1 Å². The SMILES string of the molecule is Cc1[nH]nc2c1[C@H](c1ccc(OCc3ccccc3F)cc1)C(C#N)=C(N)O2. The van der Waals surface area contributed by atoms with Gasteiger partial charge in [0.1, 0.15) is 29.8 Å². The van der Waals surface area contributed by atoms with Crippen molar-refractivity contribution in [3.8, 4) is 17.7 Å². The molecular formula is C21H17FN4O2. The molecule has 140 valence electrons. The standard InChI is InChI=1S/C21H17FN4O2/c1-12-18-19(16(10-23)20(24)28-21(18)26-25-12)13-6-8-15(9-7-13)27-11-14-4-2-3-5-17(14)22/h2-9,19H,11,24H2,1H3,(H,25,26)/t19-/m1/s1. The maximum absolute atomic E-state index is 13.7. The van der Waals surface area contributed by atoms with Crippen LogP contribution in [0.1, 0.15) is 28.3 Å². The van der Waals surface area contributed by atoms with Crippen molar-refractivity contribution < 1.29 is 13.9 Å². The average Bonchev–Trinajstić information content (AvgIpc) is 3.07. The van der Waals surface area contributed by atoms with Gasteiger partial charge in [-0.1, -0.05) is 30.3 Å². The molecule has 0 spiro atoms. The minimum Gasteiger partial charge on any atom is -0.489 e. The summed E-state index contributed by atoms with van der Waals surface area (Å²) in [5, 5.41) is 16.6. The zero-order chi connectivity index (χ0) is 19.7. The van der Waals surface area contributed by atoms with Crippen molar-refractivity contribution in [2.24, 2.45) is 5.73 Å². The average molecular weight is 376 g/mol.